The first-order valence-electron chi connectivity index (χ1n) is 5.60. The Balaban J connectivity index is 2.74. The summed E-state index contributed by atoms with van der Waals surface area (Å²) < 4.78 is 0. The van der Waals surface area contributed by atoms with Crippen LogP contribution >= 0.6 is 11.3 Å². The molecule has 1 rings (SSSR count). The fraction of sp³-hybridized carbons (Fsp3) is 0.417. The van der Waals surface area contributed by atoms with Crippen LogP contribution in [0.3, 0.4) is 0 Å². The minimum absolute atomic E-state index is 0.109. The molecule has 0 spiro atoms. The second kappa shape index (κ2) is 6.30. The largest absolute Gasteiger partial charge is 0.480 e. The lowest BCUT2D eigenvalue weighted by molar-refractivity contribution is -0.139. The maximum atomic E-state index is 11.8. The maximum absolute atomic E-state index is 11.8. The third-order valence-corrected chi connectivity index (χ3v) is 3.54. The molecule has 1 unspecified atom stereocenters. The van der Waals surface area contributed by atoms with Crippen molar-refractivity contribution < 1.29 is 19.5 Å². The Morgan fingerprint density at radius 1 is 1.33 bits per heavy atom. The van der Waals surface area contributed by atoms with E-state index in [1.807, 2.05) is 6.92 Å². The van der Waals surface area contributed by atoms with E-state index in [0.717, 1.165) is 11.3 Å². The number of thiophene rings is 1. The second-order valence-electron chi connectivity index (χ2n) is 3.87. The number of nitrogens with one attached hydrogen (secondary N) is 1. The van der Waals surface area contributed by atoms with Gasteiger partial charge in [-0.2, -0.15) is 0 Å². The number of carboxylic acid groups (broad SMARTS) is 1. The van der Waals surface area contributed by atoms with E-state index in [1.165, 1.54) is 13.0 Å². The Kier molecular flexibility index (Phi) is 5.03. The molecule has 98 valence electrons. The molecule has 0 saturated heterocycles. The Labute approximate surface area is 109 Å². The summed E-state index contributed by atoms with van der Waals surface area (Å²) in [4.78, 5) is 34.6. The van der Waals surface area contributed by atoms with Gasteiger partial charge in [0.05, 0.1) is 9.75 Å². The molecule has 5 nitrogen and oxygen atoms in total. The van der Waals surface area contributed by atoms with Crippen molar-refractivity contribution in [2.24, 2.45) is 0 Å². The van der Waals surface area contributed by atoms with Crippen molar-refractivity contribution in [2.45, 2.75) is 32.7 Å². The third-order valence-electron chi connectivity index (χ3n) is 2.36. The Morgan fingerprint density at radius 3 is 2.39 bits per heavy atom. The molecule has 18 heavy (non-hydrogen) atoms. The van der Waals surface area contributed by atoms with E-state index in [1.54, 1.807) is 6.07 Å². The molecular weight excluding hydrogens is 254 g/mol. The first-order valence-corrected chi connectivity index (χ1v) is 6.41. The molecule has 0 radical (unpaired) electrons. The molecule has 0 aliphatic heterocycles. The van der Waals surface area contributed by atoms with Crippen LogP contribution in [0.25, 0.3) is 0 Å². The summed E-state index contributed by atoms with van der Waals surface area (Å²) in [6.07, 6.45) is 1.05. The topological polar surface area (TPSA) is 83.5 Å². The average Bonchev–Trinajstić information content (AvgIpc) is 2.77. The number of hydrogen-bond acceptors (Lipinski definition) is 4. The minimum Gasteiger partial charge on any atom is -0.480 e. The molecule has 0 fully saturated rings. The van der Waals surface area contributed by atoms with Crippen molar-refractivity contribution in [1.29, 1.82) is 0 Å². The molecule has 0 aliphatic rings. The Hall–Kier alpha value is -1.69. The number of carboxylic acids is 1. The Morgan fingerprint density at radius 2 is 1.94 bits per heavy atom. The van der Waals surface area contributed by atoms with Crippen LogP contribution in [0.1, 0.15) is 46.0 Å². The summed E-state index contributed by atoms with van der Waals surface area (Å²) in [5.41, 5.74) is 0. The first kappa shape index (κ1) is 14.4. The molecule has 1 heterocycles. The zero-order valence-corrected chi connectivity index (χ0v) is 11.0. The van der Waals surface area contributed by atoms with Gasteiger partial charge >= 0.3 is 5.97 Å². The van der Waals surface area contributed by atoms with E-state index in [2.05, 4.69) is 5.32 Å². The number of ketones is 1. The molecule has 1 amide bonds. The van der Waals surface area contributed by atoms with Gasteiger partial charge in [-0.05, 0) is 25.5 Å². The maximum Gasteiger partial charge on any atom is 0.326 e. The van der Waals surface area contributed by atoms with E-state index in [-0.39, 0.29) is 5.78 Å². The first-order chi connectivity index (χ1) is 8.45. The normalized spacial score (nSPS) is 11.9. The van der Waals surface area contributed by atoms with E-state index in [0.29, 0.717) is 22.6 Å². The van der Waals surface area contributed by atoms with Gasteiger partial charge in [-0.25, -0.2) is 4.79 Å². The van der Waals surface area contributed by atoms with Gasteiger partial charge in [0.25, 0.3) is 5.91 Å². The summed E-state index contributed by atoms with van der Waals surface area (Å²) >= 11 is 1.07. The predicted molar refractivity (Wildman–Crippen MR) is 68.1 cm³/mol. The summed E-state index contributed by atoms with van der Waals surface area (Å²) in [5, 5.41) is 11.4. The minimum atomic E-state index is -1.05. The summed E-state index contributed by atoms with van der Waals surface area (Å²) in [7, 11) is 0. The van der Waals surface area contributed by atoms with Gasteiger partial charge in [0.15, 0.2) is 5.78 Å². The zero-order chi connectivity index (χ0) is 13.7. The average molecular weight is 269 g/mol. The van der Waals surface area contributed by atoms with Gasteiger partial charge in [-0.1, -0.05) is 13.3 Å². The SMILES string of the molecule is CCCC(NC(=O)c1ccc(C(C)=O)s1)C(=O)O. The fourth-order valence-corrected chi connectivity index (χ4v) is 2.23. The zero-order valence-electron chi connectivity index (χ0n) is 10.2. The Bertz CT molecular complexity index is 466. The number of aliphatic carboxylic acids is 1. The lowest BCUT2D eigenvalue weighted by atomic mass is 10.1. The molecule has 0 aliphatic carbocycles. The highest BCUT2D eigenvalue weighted by molar-refractivity contribution is 7.15. The van der Waals surface area contributed by atoms with Gasteiger partial charge < -0.3 is 10.4 Å². The van der Waals surface area contributed by atoms with Crippen molar-refractivity contribution >= 4 is 29.0 Å². The summed E-state index contributed by atoms with van der Waals surface area (Å²) in [6, 6.07) is 2.21. The third kappa shape index (κ3) is 3.66. The van der Waals surface area contributed by atoms with Gasteiger partial charge in [0.1, 0.15) is 6.04 Å². The highest BCUT2D eigenvalue weighted by Gasteiger charge is 2.20. The van der Waals surface area contributed by atoms with Gasteiger partial charge in [-0.3, -0.25) is 9.59 Å². The number of amides is 1. The monoisotopic (exact) mass is 269 g/mol. The lowest BCUT2D eigenvalue weighted by Gasteiger charge is -2.12. The van der Waals surface area contributed by atoms with E-state index in [9.17, 15) is 14.4 Å². The van der Waals surface area contributed by atoms with E-state index >= 15 is 0 Å². The van der Waals surface area contributed by atoms with Gasteiger partial charge in [-0.15, -0.1) is 11.3 Å². The molecule has 2 N–H and O–H groups in total. The van der Waals surface area contributed by atoms with Crippen LogP contribution in [0.15, 0.2) is 12.1 Å². The number of hydrogen-bond donors (Lipinski definition) is 2. The fourth-order valence-electron chi connectivity index (χ4n) is 1.42. The van der Waals surface area contributed by atoms with E-state index < -0.39 is 17.9 Å². The highest BCUT2D eigenvalue weighted by atomic mass is 32.1. The second-order valence-corrected chi connectivity index (χ2v) is 4.96. The van der Waals surface area contributed by atoms with Crippen LogP contribution in [0.5, 0.6) is 0 Å². The number of carbonyl (C=O) groups is 3. The van der Waals surface area contributed by atoms with Crippen LogP contribution in [0.4, 0.5) is 0 Å². The van der Waals surface area contributed by atoms with Crippen molar-refractivity contribution in [3.63, 3.8) is 0 Å². The summed E-state index contributed by atoms with van der Waals surface area (Å²) in [6.45, 7) is 3.27. The number of rotatable bonds is 6. The molecule has 1 atom stereocenters. The van der Waals surface area contributed by atoms with Crippen molar-refractivity contribution in [3.8, 4) is 0 Å². The molecule has 0 aromatic carbocycles. The van der Waals surface area contributed by atoms with Crippen molar-refractivity contribution in [1.82, 2.24) is 5.32 Å². The van der Waals surface area contributed by atoms with Gasteiger partial charge in [0, 0.05) is 0 Å². The summed E-state index contributed by atoms with van der Waals surface area (Å²) in [5.74, 6) is -1.61. The molecule has 0 saturated carbocycles. The van der Waals surface area contributed by atoms with Crippen molar-refractivity contribution in [3.05, 3.63) is 21.9 Å². The number of Topliss-reactive ketones (excluding diaryl/α,β-unsaturated/α-hetero) is 1. The van der Waals surface area contributed by atoms with Gasteiger partial charge in [0.2, 0.25) is 0 Å². The smallest absolute Gasteiger partial charge is 0.326 e. The molecule has 1 aromatic rings. The molecular formula is C12H15NO4S. The number of carbonyl (C=O) groups excluding carboxylic acids is 2. The molecule has 1 aromatic heterocycles. The van der Waals surface area contributed by atoms with E-state index in [4.69, 9.17) is 5.11 Å². The van der Waals surface area contributed by atoms with Crippen LogP contribution in [-0.4, -0.2) is 28.8 Å². The quantitative estimate of drug-likeness (QED) is 0.773. The predicted octanol–water partition coefficient (Wildman–Crippen LogP) is 1.93. The van der Waals surface area contributed by atoms with Crippen LogP contribution in [0.2, 0.25) is 0 Å². The highest BCUT2D eigenvalue weighted by Crippen LogP contribution is 2.17. The van der Waals surface area contributed by atoms with Crippen LogP contribution < -0.4 is 5.32 Å². The standard InChI is InChI=1S/C12H15NO4S/c1-3-4-8(12(16)17)13-11(15)10-6-5-9(18-10)7(2)14/h5-6,8H,3-4H2,1-2H3,(H,13,15)(H,16,17). The lowest BCUT2D eigenvalue weighted by Crippen LogP contribution is -2.40. The molecule has 0 bridgehead atoms. The molecule has 6 heteroatoms. The van der Waals surface area contributed by atoms with Crippen LogP contribution in [0, 0.1) is 0 Å². The van der Waals surface area contributed by atoms with Crippen LogP contribution in [-0.2, 0) is 4.79 Å². The van der Waals surface area contributed by atoms with Crippen molar-refractivity contribution in [2.75, 3.05) is 0 Å².